The first-order chi connectivity index (χ1) is 29.5. The SMILES string of the molecule is CC(C)(CC(C)(CC(C)(CC(C)(C)C(=O)OCC[N+](C)(C)CC(O)CCl)C(=O)OCC[N+](C)(C)CC(O)CCl)C(=O)OCC[N+](C)(C)CC(O)CCl)C(=O)OCC[N+](C)(C)CC(O)CCl.[Cl-].[Cl-].[Cl-].[Cl-]. The highest BCUT2D eigenvalue weighted by Crippen LogP contribution is 2.49. The van der Waals surface area contributed by atoms with Gasteiger partial charge >= 0.3 is 23.9 Å². The number of likely N-dealkylation sites (N-methyl/N-ethyl adjacent to an activating group) is 4. The number of aliphatic hydroxyl groups excluding tert-OH is 4. The van der Waals surface area contributed by atoms with Gasteiger partial charge in [-0.15, -0.1) is 46.4 Å². The molecule has 416 valence electrons. The molecule has 0 aliphatic heterocycles. The number of hydrogen-bond donors (Lipinski definition) is 4. The van der Waals surface area contributed by atoms with Crippen LogP contribution in [0.2, 0.25) is 0 Å². The molecule has 0 bridgehead atoms. The highest BCUT2D eigenvalue weighted by atomic mass is 35.5. The summed E-state index contributed by atoms with van der Waals surface area (Å²) in [6.07, 6.45) is -3.50. The third-order valence-corrected chi connectivity index (χ3v) is 13.2. The molecule has 69 heavy (non-hydrogen) atoms. The first-order valence-electron chi connectivity index (χ1n) is 22.4. The summed E-state index contributed by atoms with van der Waals surface area (Å²) in [5.74, 6) is -2.34. The fourth-order valence-electron chi connectivity index (χ4n) is 8.49. The molecular weight excluding hydrogens is 1070 g/mol. The summed E-state index contributed by atoms with van der Waals surface area (Å²) in [6, 6.07) is 0. The lowest BCUT2D eigenvalue weighted by atomic mass is 9.62. The van der Waals surface area contributed by atoms with Crippen LogP contribution >= 0.6 is 46.4 Å². The number of carbonyl (C=O) groups is 4. The normalized spacial score (nSPS) is 16.0. The zero-order valence-corrected chi connectivity index (χ0v) is 49.7. The summed E-state index contributed by atoms with van der Waals surface area (Å²) in [5.41, 5.74) is -5.69. The van der Waals surface area contributed by atoms with Crippen molar-refractivity contribution in [1.29, 1.82) is 0 Å². The Labute approximate surface area is 459 Å². The molecule has 0 rings (SSSR count). The lowest BCUT2D eigenvalue weighted by Gasteiger charge is -2.42. The smallest absolute Gasteiger partial charge is 0.312 e. The molecule has 6 atom stereocenters. The van der Waals surface area contributed by atoms with Gasteiger partial charge < -0.3 is 107 Å². The third kappa shape index (κ3) is 30.8. The Morgan fingerprint density at radius 1 is 0.391 bits per heavy atom. The van der Waals surface area contributed by atoms with Gasteiger partial charge in [-0.2, -0.15) is 0 Å². The minimum absolute atomic E-state index is 0. The van der Waals surface area contributed by atoms with Crippen LogP contribution in [-0.2, 0) is 38.1 Å². The first kappa shape index (κ1) is 77.8. The highest BCUT2D eigenvalue weighted by molar-refractivity contribution is 6.18. The van der Waals surface area contributed by atoms with Crippen LogP contribution in [0.3, 0.4) is 0 Å². The molecule has 16 nitrogen and oxygen atoms in total. The summed E-state index contributed by atoms with van der Waals surface area (Å²) in [7, 11) is 15.0. The summed E-state index contributed by atoms with van der Waals surface area (Å²) in [6.45, 7) is 12.5. The molecule has 0 saturated carbocycles. The van der Waals surface area contributed by atoms with E-state index < -0.39 is 70.0 Å². The number of esters is 4. The van der Waals surface area contributed by atoms with Gasteiger partial charge in [0.05, 0.1) is 102 Å². The van der Waals surface area contributed by atoms with Crippen LogP contribution in [0, 0.1) is 21.7 Å². The van der Waals surface area contributed by atoms with Crippen LogP contribution in [0.4, 0.5) is 0 Å². The van der Waals surface area contributed by atoms with Crippen LogP contribution < -0.4 is 49.6 Å². The zero-order valence-electron chi connectivity index (χ0n) is 43.6. The van der Waals surface area contributed by atoms with Gasteiger partial charge in [0.25, 0.3) is 0 Å². The molecule has 0 amide bonds. The van der Waals surface area contributed by atoms with E-state index in [4.69, 9.17) is 65.4 Å². The molecular formula is C45H88Cl8N4O12. The van der Waals surface area contributed by atoms with Gasteiger partial charge in [-0.3, -0.25) is 19.2 Å². The van der Waals surface area contributed by atoms with Crippen molar-refractivity contribution in [3.8, 4) is 0 Å². The number of rotatable bonds is 34. The number of ether oxygens (including phenoxy) is 4. The summed E-state index contributed by atoms with van der Waals surface area (Å²) < 4.78 is 24.8. The van der Waals surface area contributed by atoms with Crippen LogP contribution in [0.25, 0.3) is 0 Å². The zero-order chi connectivity index (χ0) is 50.9. The Balaban J connectivity index is -0.00000341. The van der Waals surface area contributed by atoms with Gasteiger partial charge in [0, 0.05) is 0 Å². The Kier molecular flexibility index (Phi) is 38.0. The molecule has 0 spiro atoms. The molecule has 0 heterocycles. The van der Waals surface area contributed by atoms with E-state index >= 15 is 0 Å². The maximum atomic E-state index is 14.6. The summed E-state index contributed by atoms with van der Waals surface area (Å²) in [5, 5.41) is 40.7. The van der Waals surface area contributed by atoms with Gasteiger partial charge in [-0.25, -0.2) is 0 Å². The van der Waals surface area contributed by atoms with Crippen LogP contribution in [0.1, 0.15) is 60.8 Å². The number of nitrogens with zero attached hydrogens (tertiary/aromatic N) is 4. The van der Waals surface area contributed by atoms with E-state index in [0.29, 0.717) is 61.3 Å². The Morgan fingerprint density at radius 3 is 0.768 bits per heavy atom. The van der Waals surface area contributed by atoms with E-state index in [9.17, 15) is 39.6 Å². The maximum absolute atomic E-state index is 14.6. The minimum atomic E-state index is -1.55. The van der Waals surface area contributed by atoms with Gasteiger partial charge in [-0.1, -0.05) is 0 Å². The number of quaternary nitrogens is 4. The molecule has 0 fully saturated rings. The van der Waals surface area contributed by atoms with Crippen molar-refractivity contribution in [2.24, 2.45) is 21.7 Å². The average Bonchev–Trinajstić information content (AvgIpc) is 3.15. The molecule has 0 radical (unpaired) electrons. The highest BCUT2D eigenvalue weighted by Gasteiger charge is 2.53. The van der Waals surface area contributed by atoms with E-state index in [1.54, 1.807) is 41.5 Å². The molecule has 0 aromatic rings. The van der Waals surface area contributed by atoms with Gasteiger partial charge in [0.1, 0.15) is 103 Å². The van der Waals surface area contributed by atoms with Crippen molar-refractivity contribution in [2.75, 3.05) is 159 Å². The molecule has 0 saturated heterocycles. The molecule has 24 heteroatoms. The lowest BCUT2D eigenvalue weighted by Crippen LogP contribution is -3.00. The van der Waals surface area contributed by atoms with Crippen LogP contribution in [-0.4, -0.2) is 245 Å². The largest absolute Gasteiger partial charge is 1.00 e. The van der Waals surface area contributed by atoms with E-state index in [-0.39, 0.29) is 128 Å². The second kappa shape index (κ2) is 33.7. The minimum Gasteiger partial charge on any atom is -1.00 e. The summed E-state index contributed by atoms with van der Waals surface area (Å²) in [4.78, 5) is 57.1. The van der Waals surface area contributed by atoms with Gasteiger partial charge in [0.2, 0.25) is 0 Å². The van der Waals surface area contributed by atoms with Crippen molar-refractivity contribution in [1.82, 2.24) is 0 Å². The fraction of sp³-hybridized carbons (Fsp3) is 0.911. The average molecular weight is 1160 g/mol. The van der Waals surface area contributed by atoms with Crippen molar-refractivity contribution < 1.29 is 126 Å². The quantitative estimate of drug-likeness (QED) is 0.0207. The third-order valence-electron chi connectivity index (χ3n) is 11.8. The topological polar surface area (TPSA) is 186 Å². The molecule has 0 aliphatic rings. The maximum Gasteiger partial charge on any atom is 0.312 e. The van der Waals surface area contributed by atoms with E-state index in [1.165, 1.54) is 0 Å². The second-order valence-electron chi connectivity index (χ2n) is 22.6. The predicted octanol–water partition coefficient (Wildman–Crippen LogP) is -8.89. The van der Waals surface area contributed by atoms with E-state index in [0.717, 1.165) is 0 Å². The Bertz CT molecular complexity index is 1400. The van der Waals surface area contributed by atoms with Crippen LogP contribution in [0.15, 0.2) is 0 Å². The number of hydrogen-bond acceptors (Lipinski definition) is 12. The number of halogens is 8. The van der Waals surface area contributed by atoms with E-state index in [1.807, 2.05) is 56.4 Å². The number of carbonyl (C=O) groups excluding carboxylic acids is 4. The second-order valence-corrected chi connectivity index (χ2v) is 23.8. The molecule has 0 aromatic carbocycles. The van der Waals surface area contributed by atoms with Crippen molar-refractivity contribution in [2.45, 2.75) is 85.2 Å². The van der Waals surface area contributed by atoms with Gasteiger partial charge in [-0.05, 0) is 60.8 Å². The Morgan fingerprint density at radius 2 is 0.580 bits per heavy atom. The monoisotopic (exact) mass is 1160 g/mol. The fourth-order valence-corrected chi connectivity index (χ4v) is 8.88. The van der Waals surface area contributed by atoms with E-state index in [2.05, 4.69) is 0 Å². The molecule has 0 aliphatic carbocycles. The lowest BCUT2D eigenvalue weighted by molar-refractivity contribution is -0.893. The van der Waals surface area contributed by atoms with Crippen molar-refractivity contribution in [3.63, 3.8) is 0 Å². The summed E-state index contributed by atoms with van der Waals surface area (Å²) >= 11 is 23.4. The standard InChI is InChI=1S/C45H88Cl4N4O12.4ClH/c1-42(2,38(58)62-19-15-50(7,8)27-34(54)23-46)31-44(5,40(60)64-21-17-52(11,12)29-36(56)25-48)33-45(6,41(61)65-22-18-53(13,14)30-37(57)26-49)32-43(3,4)39(59)63-20-16-51(9,10)28-35(55)24-47;;;;/h34-37,54-57H,15-33H2,1-14H3;4*1H/q+4;;;;/p-4. The Hall–Kier alpha value is -0.120. The number of aliphatic hydroxyl groups is 4. The number of alkyl halides is 4. The molecule has 4 N–H and O–H groups in total. The van der Waals surface area contributed by atoms with Gasteiger partial charge in [0.15, 0.2) is 0 Å². The predicted molar refractivity (Wildman–Crippen MR) is 256 cm³/mol. The molecule has 6 unspecified atom stereocenters. The molecule has 0 aromatic heterocycles. The first-order valence-corrected chi connectivity index (χ1v) is 24.5. The van der Waals surface area contributed by atoms with Crippen molar-refractivity contribution >= 4 is 70.3 Å². The van der Waals surface area contributed by atoms with Crippen molar-refractivity contribution in [3.05, 3.63) is 0 Å². The van der Waals surface area contributed by atoms with Crippen LogP contribution in [0.5, 0.6) is 0 Å².